The zero-order valence-electron chi connectivity index (χ0n) is 10.2. The summed E-state index contributed by atoms with van der Waals surface area (Å²) >= 11 is 5.85. The molecule has 2 aromatic rings. The fourth-order valence-corrected chi connectivity index (χ4v) is 2.57. The number of pyridine rings is 1. The van der Waals surface area contributed by atoms with Crippen LogP contribution in [0.4, 0.5) is 0 Å². The Hall–Kier alpha value is -1.09. The Morgan fingerprint density at radius 1 is 1.53 bits per heavy atom. The Kier molecular flexibility index (Phi) is 2.58. The van der Waals surface area contributed by atoms with Gasteiger partial charge in [-0.1, -0.05) is 6.92 Å². The molecule has 0 amide bonds. The number of rotatable bonds is 3. The molecule has 2 aromatic heterocycles. The van der Waals surface area contributed by atoms with E-state index in [0.29, 0.717) is 11.9 Å². The molecule has 2 heterocycles. The van der Waals surface area contributed by atoms with Crippen LogP contribution in [0.3, 0.4) is 0 Å². The number of aromatic nitrogens is 3. The summed E-state index contributed by atoms with van der Waals surface area (Å²) in [6.07, 6.45) is 3.97. The second-order valence-corrected chi connectivity index (χ2v) is 5.35. The minimum Gasteiger partial charge on any atom is -0.309 e. The van der Waals surface area contributed by atoms with Gasteiger partial charge in [0.1, 0.15) is 11.3 Å². The molecular formula is C13H16ClN3. The molecule has 1 aliphatic carbocycles. The maximum atomic E-state index is 5.85. The molecule has 4 heteroatoms. The molecule has 0 N–H and O–H groups in total. The second kappa shape index (κ2) is 3.98. The number of halogens is 1. The van der Waals surface area contributed by atoms with Crippen LogP contribution >= 0.6 is 11.6 Å². The van der Waals surface area contributed by atoms with Gasteiger partial charge in [-0.3, -0.25) is 0 Å². The average Bonchev–Trinajstić information content (AvgIpc) is 2.88. The number of nitrogens with zero attached hydrogens (tertiary/aromatic N) is 3. The average molecular weight is 250 g/mol. The lowest BCUT2D eigenvalue weighted by molar-refractivity contribution is 0.660. The molecule has 2 unspecified atom stereocenters. The van der Waals surface area contributed by atoms with Gasteiger partial charge < -0.3 is 4.57 Å². The van der Waals surface area contributed by atoms with Gasteiger partial charge in [-0.2, -0.15) is 0 Å². The number of imidazole rings is 1. The Morgan fingerprint density at radius 2 is 2.29 bits per heavy atom. The van der Waals surface area contributed by atoms with Crippen molar-refractivity contribution in [2.75, 3.05) is 5.88 Å². The first-order valence-corrected chi connectivity index (χ1v) is 6.63. The van der Waals surface area contributed by atoms with E-state index < -0.39 is 0 Å². The van der Waals surface area contributed by atoms with Gasteiger partial charge in [0, 0.05) is 24.5 Å². The highest BCUT2D eigenvalue weighted by Crippen LogP contribution is 2.44. The summed E-state index contributed by atoms with van der Waals surface area (Å²) in [7, 11) is 0. The summed E-state index contributed by atoms with van der Waals surface area (Å²) in [5, 5.41) is 0. The predicted octanol–water partition coefficient (Wildman–Crippen LogP) is 3.10. The lowest BCUT2D eigenvalue weighted by atomic mass is 10.3. The first-order chi connectivity index (χ1) is 8.20. The van der Waals surface area contributed by atoms with Crippen LogP contribution in [-0.4, -0.2) is 20.4 Å². The van der Waals surface area contributed by atoms with Crippen molar-refractivity contribution in [3.8, 4) is 0 Å². The molecule has 2 atom stereocenters. The number of hydrogen-bond donors (Lipinski definition) is 0. The molecule has 0 radical (unpaired) electrons. The SMILES string of the molecule is Cc1cnc2c(c1)nc(CCCl)n2C1CC1C. The van der Waals surface area contributed by atoms with Gasteiger partial charge >= 0.3 is 0 Å². The van der Waals surface area contributed by atoms with Gasteiger partial charge in [0.15, 0.2) is 5.65 Å². The van der Waals surface area contributed by atoms with Crippen molar-refractivity contribution in [2.24, 2.45) is 5.92 Å². The van der Waals surface area contributed by atoms with Crippen molar-refractivity contribution in [1.29, 1.82) is 0 Å². The van der Waals surface area contributed by atoms with E-state index in [0.717, 1.165) is 34.9 Å². The summed E-state index contributed by atoms with van der Waals surface area (Å²) in [5.74, 6) is 2.44. The fraction of sp³-hybridized carbons (Fsp3) is 0.538. The number of alkyl halides is 1. The van der Waals surface area contributed by atoms with Crippen LogP contribution in [0.25, 0.3) is 11.2 Å². The standard InChI is InChI=1S/C13H16ClN3/c1-8-5-10-13(15-7-8)17(11-6-9(11)2)12(16-10)3-4-14/h5,7,9,11H,3-4,6H2,1-2H3. The minimum absolute atomic E-state index is 0.577. The molecule has 3 rings (SSSR count). The van der Waals surface area contributed by atoms with Crippen molar-refractivity contribution in [2.45, 2.75) is 32.7 Å². The third kappa shape index (κ3) is 1.82. The van der Waals surface area contributed by atoms with Crippen molar-refractivity contribution in [1.82, 2.24) is 14.5 Å². The van der Waals surface area contributed by atoms with Crippen LogP contribution in [0.15, 0.2) is 12.3 Å². The molecule has 0 aromatic carbocycles. The molecule has 0 spiro atoms. The highest BCUT2D eigenvalue weighted by molar-refractivity contribution is 6.17. The quantitative estimate of drug-likeness (QED) is 0.783. The van der Waals surface area contributed by atoms with Gasteiger partial charge in [0.25, 0.3) is 0 Å². The highest BCUT2D eigenvalue weighted by Gasteiger charge is 2.37. The Morgan fingerprint density at radius 3 is 2.94 bits per heavy atom. The zero-order chi connectivity index (χ0) is 12.0. The first-order valence-electron chi connectivity index (χ1n) is 6.10. The van der Waals surface area contributed by atoms with E-state index in [4.69, 9.17) is 11.6 Å². The van der Waals surface area contributed by atoms with Crippen LogP contribution < -0.4 is 0 Å². The predicted molar refractivity (Wildman–Crippen MR) is 69.5 cm³/mol. The molecular weight excluding hydrogens is 234 g/mol. The van der Waals surface area contributed by atoms with E-state index in [1.54, 1.807) is 0 Å². The van der Waals surface area contributed by atoms with Gasteiger partial charge in [-0.05, 0) is 30.9 Å². The van der Waals surface area contributed by atoms with E-state index in [2.05, 4.69) is 27.5 Å². The summed E-state index contributed by atoms with van der Waals surface area (Å²) < 4.78 is 2.29. The van der Waals surface area contributed by atoms with Crippen LogP contribution in [0.1, 0.15) is 30.8 Å². The van der Waals surface area contributed by atoms with Gasteiger partial charge in [-0.25, -0.2) is 9.97 Å². The topological polar surface area (TPSA) is 30.7 Å². The van der Waals surface area contributed by atoms with E-state index in [1.807, 2.05) is 13.1 Å². The Bertz CT molecular complexity index is 561. The van der Waals surface area contributed by atoms with E-state index in [-0.39, 0.29) is 0 Å². The molecule has 17 heavy (non-hydrogen) atoms. The highest BCUT2D eigenvalue weighted by atomic mass is 35.5. The first kappa shape index (κ1) is 11.0. The van der Waals surface area contributed by atoms with Crippen LogP contribution in [0, 0.1) is 12.8 Å². The van der Waals surface area contributed by atoms with Gasteiger partial charge in [-0.15, -0.1) is 11.6 Å². The van der Waals surface area contributed by atoms with E-state index in [1.165, 1.54) is 6.42 Å². The lowest BCUT2D eigenvalue weighted by Gasteiger charge is -2.06. The summed E-state index contributed by atoms with van der Waals surface area (Å²) in [6, 6.07) is 2.68. The van der Waals surface area contributed by atoms with Crippen molar-refractivity contribution >= 4 is 22.8 Å². The molecule has 0 bridgehead atoms. The van der Waals surface area contributed by atoms with Gasteiger partial charge in [0.2, 0.25) is 0 Å². The monoisotopic (exact) mass is 249 g/mol. The maximum absolute atomic E-state index is 5.85. The third-order valence-corrected chi connectivity index (χ3v) is 3.65. The molecule has 1 saturated carbocycles. The second-order valence-electron chi connectivity index (χ2n) is 4.97. The summed E-state index contributed by atoms with van der Waals surface area (Å²) in [4.78, 5) is 9.21. The van der Waals surface area contributed by atoms with Crippen molar-refractivity contribution < 1.29 is 0 Å². The third-order valence-electron chi connectivity index (χ3n) is 3.46. The van der Waals surface area contributed by atoms with Crippen LogP contribution in [0.2, 0.25) is 0 Å². The molecule has 0 saturated heterocycles. The molecule has 0 aliphatic heterocycles. The Balaban J connectivity index is 2.17. The van der Waals surface area contributed by atoms with Gasteiger partial charge in [0.05, 0.1) is 0 Å². The van der Waals surface area contributed by atoms with Crippen molar-refractivity contribution in [3.63, 3.8) is 0 Å². The zero-order valence-corrected chi connectivity index (χ0v) is 10.9. The Labute approximate surface area is 106 Å². The molecule has 90 valence electrons. The lowest BCUT2D eigenvalue weighted by Crippen LogP contribution is -2.04. The molecule has 1 fully saturated rings. The number of aryl methyl sites for hydroxylation is 2. The number of hydrogen-bond acceptors (Lipinski definition) is 2. The van der Waals surface area contributed by atoms with Crippen LogP contribution in [-0.2, 0) is 6.42 Å². The largest absolute Gasteiger partial charge is 0.309 e. The van der Waals surface area contributed by atoms with E-state index in [9.17, 15) is 0 Å². The molecule has 1 aliphatic rings. The smallest absolute Gasteiger partial charge is 0.160 e. The fourth-order valence-electron chi connectivity index (χ4n) is 2.40. The molecule has 3 nitrogen and oxygen atoms in total. The van der Waals surface area contributed by atoms with Crippen LogP contribution in [0.5, 0.6) is 0 Å². The number of fused-ring (bicyclic) bond motifs is 1. The van der Waals surface area contributed by atoms with E-state index >= 15 is 0 Å². The van der Waals surface area contributed by atoms with Crippen molar-refractivity contribution in [3.05, 3.63) is 23.7 Å². The summed E-state index contributed by atoms with van der Waals surface area (Å²) in [5.41, 5.74) is 3.18. The minimum atomic E-state index is 0.577. The normalized spacial score (nSPS) is 23.2. The summed E-state index contributed by atoms with van der Waals surface area (Å²) in [6.45, 7) is 4.32. The maximum Gasteiger partial charge on any atom is 0.160 e.